The quantitative estimate of drug-likeness (QED) is 0.249. The van der Waals surface area contributed by atoms with Crippen molar-refractivity contribution in [2.45, 2.75) is 96.3 Å². The van der Waals surface area contributed by atoms with Crippen molar-refractivity contribution in [1.29, 1.82) is 0 Å². The minimum Gasteiger partial charge on any atom is -0.481 e. The van der Waals surface area contributed by atoms with Gasteiger partial charge < -0.3 is 15.2 Å². The number of hydrogen-bond acceptors (Lipinski definition) is 5. The van der Waals surface area contributed by atoms with E-state index < -0.39 is 21.5 Å². The summed E-state index contributed by atoms with van der Waals surface area (Å²) in [6.07, 6.45) is 11.2. The molecule has 8 nitrogen and oxygen atoms in total. The first-order valence-electron chi connectivity index (χ1n) is 11.9. The number of unbranched alkanes of at least 4 members (excludes halogenated alkanes) is 3. The van der Waals surface area contributed by atoms with Crippen LogP contribution in [-0.4, -0.2) is 55.4 Å². The topological polar surface area (TPSA) is 122 Å². The summed E-state index contributed by atoms with van der Waals surface area (Å²) in [5, 5.41) is 11.7. The predicted molar refractivity (Wildman–Crippen MR) is 124 cm³/mol. The van der Waals surface area contributed by atoms with Gasteiger partial charge in [-0.25, -0.2) is 13.1 Å². The first kappa shape index (κ1) is 26.8. The largest absolute Gasteiger partial charge is 0.481 e. The number of hydrogen-bond donors (Lipinski definition) is 3. The van der Waals surface area contributed by atoms with Gasteiger partial charge >= 0.3 is 5.97 Å². The molecular weight excluding hydrogens is 432 g/mol. The normalized spacial score (nSPS) is 25.5. The highest BCUT2D eigenvalue weighted by Crippen LogP contribution is 2.44. The van der Waals surface area contributed by atoms with Gasteiger partial charge in [-0.2, -0.15) is 0 Å². The van der Waals surface area contributed by atoms with Gasteiger partial charge in [0.25, 0.3) is 0 Å². The molecule has 2 saturated heterocycles. The summed E-state index contributed by atoms with van der Waals surface area (Å²) in [6, 6.07) is 0. The fourth-order valence-corrected chi connectivity index (χ4v) is 6.24. The first-order valence-corrected chi connectivity index (χ1v) is 13.5. The van der Waals surface area contributed by atoms with Crippen LogP contribution in [0.5, 0.6) is 0 Å². The monoisotopic (exact) mass is 472 g/mol. The van der Waals surface area contributed by atoms with E-state index >= 15 is 0 Å². The third kappa shape index (κ3) is 8.15. The van der Waals surface area contributed by atoms with Gasteiger partial charge in [0, 0.05) is 18.9 Å². The van der Waals surface area contributed by atoms with Gasteiger partial charge in [0.1, 0.15) is 5.54 Å². The molecule has 0 aromatic rings. The van der Waals surface area contributed by atoms with Gasteiger partial charge in [-0.3, -0.25) is 9.59 Å². The fraction of sp³-hybridized carbons (Fsp3) is 0.826. The van der Waals surface area contributed by atoms with Crippen molar-refractivity contribution >= 4 is 21.9 Å². The van der Waals surface area contributed by atoms with Crippen LogP contribution >= 0.6 is 0 Å². The lowest BCUT2D eigenvalue weighted by Gasteiger charge is -2.30. The molecule has 0 radical (unpaired) electrons. The lowest BCUT2D eigenvalue weighted by atomic mass is 9.77. The Hall–Kier alpha value is -1.45. The molecule has 184 valence electrons. The number of carbonyl (C=O) groups is 2. The number of nitrogens with one attached hydrogen (secondary N) is 2. The summed E-state index contributed by atoms with van der Waals surface area (Å²) >= 11 is 0. The molecule has 9 heteroatoms. The summed E-state index contributed by atoms with van der Waals surface area (Å²) in [6.45, 7) is 5.65. The number of carboxylic acid groups (broad SMARTS) is 1. The van der Waals surface area contributed by atoms with E-state index in [1.807, 2.05) is 13.0 Å². The van der Waals surface area contributed by atoms with E-state index in [-0.39, 0.29) is 36.2 Å². The zero-order valence-electron chi connectivity index (χ0n) is 19.6. The molecule has 4 atom stereocenters. The van der Waals surface area contributed by atoms with Crippen LogP contribution in [0.4, 0.5) is 0 Å². The first-order chi connectivity index (χ1) is 15.1. The van der Waals surface area contributed by atoms with Crippen molar-refractivity contribution in [3.8, 4) is 0 Å². The average Bonchev–Trinajstić information content (AvgIpc) is 3.29. The zero-order chi connectivity index (χ0) is 23.8. The van der Waals surface area contributed by atoms with E-state index in [9.17, 15) is 18.0 Å². The maximum Gasteiger partial charge on any atom is 0.303 e. The lowest BCUT2D eigenvalue weighted by molar-refractivity contribution is -0.137. The highest BCUT2D eigenvalue weighted by atomic mass is 32.2. The maximum atomic E-state index is 12.8. The number of allylic oxidation sites excluding steroid dienone is 2. The maximum absolute atomic E-state index is 12.8. The van der Waals surface area contributed by atoms with Crippen molar-refractivity contribution in [2.24, 2.45) is 11.8 Å². The van der Waals surface area contributed by atoms with E-state index in [1.54, 1.807) is 13.8 Å². The molecule has 2 fully saturated rings. The van der Waals surface area contributed by atoms with Crippen LogP contribution in [-0.2, 0) is 24.3 Å². The molecule has 3 N–H and O–H groups in total. The van der Waals surface area contributed by atoms with E-state index in [0.29, 0.717) is 25.3 Å². The lowest BCUT2D eigenvalue weighted by Crippen LogP contribution is -2.56. The summed E-state index contributed by atoms with van der Waals surface area (Å²) in [4.78, 5) is 23.4. The number of carboxylic acids is 1. The third-order valence-electron chi connectivity index (χ3n) is 6.42. The number of aliphatic carboxylic acids is 1. The Morgan fingerprint density at radius 1 is 1.09 bits per heavy atom. The molecule has 0 aromatic carbocycles. The molecule has 0 spiro atoms. The number of rotatable bonds is 15. The van der Waals surface area contributed by atoms with E-state index in [0.717, 1.165) is 38.5 Å². The number of fused-ring (bicyclic) bond motifs is 2. The minimum atomic E-state index is -3.52. The number of carbonyl (C=O) groups excluding carboxylic acids is 1. The van der Waals surface area contributed by atoms with Crippen molar-refractivity contribution in [3.63, 3.8) is 0 Å². The molecule has 0 aliphatic carbocycles. The molecule has 2 rings (SSSR count). The van der Waals surface area contributed by atoms with Crippen LogP contribution in [0.15, 0.2) is 12.2 Å². The molecule has 2 bridgehead atoms. The molecule has 0 unspecified atom stereocenters. The van der Waals surface area contributed by atoms with Crippen LogP contribution in [0.1, 0.15) is 78.6 Å². The van der Waals surface area contributed by atoms with Crippen LogP contribution in [0, 0.1) is 11.8 Å². The minimum absolute atomic E-state index is 0.0264. The Bertz CT molecular complexity index is 764. The van der Waals surface area contributed by atoms with Gasteiger partial charge in [-0.05, 0) is 58.3 Å². The Kier molecular flexibility index (Phi) is 10.2. The molecule has 2 aliphatic heterocycles. The summed E-state index contributed by atoms with van der Waals surface area (Å²) in [5.74, 6) is -0.584. The van der Waals surface area contributed by atoms with Crippen LogP contribution in [0.2, 0.25) is 0 Å². The number of ether oxygens (including phenoxy) is 1. The molecule has 1 amide bonds. The highest BCUT2D eigenvalue weighted by Gasteiger charge is 2.48. The molecule has 2 heterocycles. The smallest absolute Gasteiger partial charge is 0.303 e. The standard InChI is InChI=1S/C23H40N2O6S/c1-4-5-10-15-32(29,30)25-23(2,3)22(28)24-16-18-17(19-13-14-20(18)31-19)11-8-6-7-9-12-21(26)27/h6,8,17-20,25H,4-5,7,9-16H2,1-3H3,(H,24,28)(H,26,27)/t17-,18+,19-,20+/m1/s1. The number of amides is 1. The second-order valence-electron chi connectivity index (χ2n) is 9.57. The van der Waals surface area contributed by atoms with Crippen LogP contribution in [0.3, 0.4) is 0 Å². The fourth-order valence-electron chi connectivity index (χ4n) is 4.68. The van der Waals surface area contributed by atoms with Gasteiger partial charge in [0.05, 0.1) is 18.0 Å². The third-order valence-corrected chi connectivity index (χ3v) is 8.07. The van der Waals surface area contributed by atoms with Gasteiger partial charge in [0.15, 0.2) is 0 Å². The summed E-state index contributed by atoms with van der Waals surface area (Å²) < 4.78 is 33.3. The van der Waals surface area contributed by atoms with Gasteiger partial charge in [0.2, 0.25) is 15.9 Å². The zero-order valence-corrected chi connectivity index (χ0v) is 20.5. The Balaban J connectivity index is 1.85. The van der Waals surface area contributed by atoms with E-state index in [2.05, 4.69) is 16.1 Å². The second-order valence-corrected chi connectivity index (χ2v) is 11.4. The summed E-state index contributed by atoms with van der Waals surface area (Å²) in [5.41, 5.74) is -1.22. The molecule has 2 aliphatic rings. The average molecular weight is 473 g/mol. The van der Waals surface area contributed by atoms with Crippen molar-refractivity contribution in [3.05, 3.63) is 12.2 Å². The molecule has 32 heavy (non-hydrogen) atoms. The summed E-state index contributed by atoms with van der Waals surface area (Å²) in [7, 11) is -3.52. The van der Waals surface area contributed by atoms with Gasteiger partial charge in [-0.15, -0.1) is 0 Å². The Labute approximate surface area is 192 Å². The van der Waals surface area contributed by atoms with Crippen molar-refractivity contribution in [2.75, 3.05) is 12.3 Å². The SMILES string of the molecule is CCCCCS(=O)(=O)NC(C)(C)C(=O)NC[C@H]1[C@@H](CC=CCCCC(=O)O)[C@H]2CC[C@@H]1O2. The van der Waals surface area contributed by atoms with Crippen LogP contribution < -0.4 is 10.0 Å². The Morgan fingerprint density at radius 3 is 2.44 bits per heavy atom. The van der Waals surface area contributed by atoms with Crippen LogP contribution in [0.25, 0.3) is 0 Å². The van der Waals surface area contributed by atoms with Gasteiger partial charge in [-0.1, -0.05) is 31.9 Å². The van der Waals surface area contributed by atoms with E-state index in [1.165, 1.54) is 0 Å². The predicted octanol–water partition coefficient (Wildman–Crippen LogP) is 2.99. The van der Waals surface area contributed by atoms with E-state index in [4.69, 9.17) is 9.84 Å². The van der Waals surface area contributed by atoms with Crippen molar-refractivity contribution in [1.82, 2.24) is 10.0 Å². The Morgan fingerprint density at radius 2 is 1.78 bits per heavy atom. The molecular formula is C23H40N2O6S. The number of sulfonamides is 1. The second kappa shape index (κ2) is 12.1. The molecule has 0 aromatic heterocycles. The highest BCUT2D eigenvalue weighted by molar-refractivity contribution is 7.89. The molecule has 0 saturated carbocycles. The van der Waals surface area contributed by atoms with Crippen molar-refractivity contribution < 1.29 is 27.9 Å².